The summed E-state index contributed by atoms with van der Waals surface area (Å²) < 4.78 is 0. The third-order valence-corrected chi connectivity index (χ3v) is 2.95. The highest BCUT2D eigenvalue weighted by Gasteiger charge is 2.08. The number of carbonyl (C=O) groups is 1. The van der Waals surface area contributed by atoms with Gasteiger partial charge < -0.3 is 10.6 Å². The molecule has 2 rings (SSSR count). The van der Waals surface area contributed by atoms with Gasteiger partial charge in [-0.3, -0.25) is 4.79 Å². The largest absolute Gasteiger partial charge is 0.351 e. The molecule has 1 aromatic carbocycles. The van der Waals surface area contributed by atoms with Crippen LogP contribution in [0.3, 0.4) is 0 Å². The van der Waals surface area contributed by atoms with Gasteiger partial charge in [0.15, 0.2) is 11.5 Å². The molecule has 5 heteroatoms. The molecule has 21 heavy (non-hydrogen) atoms. The van der Waals surface area contributed by atoms with E-state index in [0.717, 1.165) is 12.1 Å². The van der Waals surface area contributed by atoms with E-state index in [-0.39, 0.29) is 5.91 Å². The van der Waals surface area contributed by atoms with Crippen LogP contribution in [0.2, 0.25) is 0 Å². The summed E-state index contributed by atoms with van der Waals surface area (Å²) in [5.41, 5.74) is 1.26. The summed E-state index contributed by atoms with van der Waals surface area (Å²) >= 11 is 0. The lowest BCUT2D eigenvalue weighted by Crippen LogP contribution is -2.26. The van der Waals surface area contributed by atoms with Gasteiger partial charge in [0.1, 0.15) is 0 Å². The summed E-state index contributed by atoms with van der Waals surface area (Å²) in [6.45, 7) is 4.90. The Kier molecular flexibility index (Phi) is 5.26. The van der Waals surface area contributed by atoms with Gasteiger partial charge in [-0.25, -0.2) is 0 Å². The number of nitrogens with one attached hydrogen (secondary N) is 2. The van der Waals surface area contributed by atoms with E-state index in [1.165, 1.54) is 0 Å². The van der Waals surface area contributed by atoms with Crippen molar-refractivity contribution in [3.05, 3.63) is 48.2 Å². The quantitative estimate of drug-likeness (QED) is 0.855. The zero-order chi connectivity index (χ0) is 15.1. The van der Waals surface area contributed by atoms with Gasteiger partial charge in [-0.1, -0.05) is 32.0 Å². The molecule has 0 bridgehead atoms. The van der Waals surface area contributed by atoms with Crippen LogP contribution in [0.15, 0.2) is 42.5 Å². The van der Waals surface area contributed by atoms with E-state index in [9.17, 15) is 4.79 Å². The molecule has 0 radical (unpaired) electrons. The number of benzene rings is 1. The molecule has 1 aromatic heterocycles. The zero-order valence-electron chi connectivity index (χ0n) is 12.3. The third-order valence-electron chi connectivity index (χ3n) is 2.95. The number of amides is 1. The molecule has 0 unspecified atom stereocenters. The van der Waals surface area contributed by atoms with Crippen LogP contribution in [0.1, 0.15) is 30.8 Å². The summed E-state index contributed by atoms with van der Waals surface area (Å²) in [6.07, 6.45) is 0.951. The first kappa shape index (κ1) is 15.0. The average molecular weight is 284 g/mol. The Morgan fingerprint density at radius 2 is 1.86 bits per heavy atom. The van der Waals surface area contributed by atoms with Crippen LogP contribution < -0.4 is 10.6 Å². The fourth-order valence-electron chi connectivity index (χ4n) is 1.75. The van der Waals surface area contributed by atoms with E-state index < -0.39 is 0 Å². The number of rotatable bonds is 6. The molecule has 0 fully saturated rings. The molecule has 0 spiro atoms. The molecule has 0 saturated carbocycles. The van der Waals surface area contributed by atoms with E-state index >= 15 is 0 Å². The minimum absolute atomic E-state index is 0.186. The van der Waals surface area contributed by atoms with E-state index in [2.05, 4.69) is 34.7 Å². The third kappa shape index (κ3) is 4.87. The van der Waals surface area contributed by atoms with Crippen molar-refractivity contribution in [2.24, 2.45) is 5.92 Å². The molecular formula is C16H20N4O. The summed E-state index contributed by atoms with van der Waals surface area (Å²) in [5.74, 6) is 0.989. The number of anilines is 2. The number of para-hydroxylation sites is 1. The number of aromatic nitrogens is 2. The number of hydrogen-bond acceptors (Lipinski definition) is 4. The Morgan fingerprint density at radius 3 is 2.48 bits per heavy atom. The van der Waals surface area contributed by atoms with Gasteiger partial charge in [0, 0.05) is 12.2 Å². The Hall–Kier alpha value is -2.43. The van der Waals surface area contributed by atoms with Crippen molar-refractivity contribution in [1.82, 2.24) is 15.5 Å². The first-order valence-corrected chi connectivity index (χ1v) is 7.09. The number of carbonyl (C=O) groups excluding carboxylic acids is 1. The molecule has 2 aromatic rings. The topological polar surface area (TPSA) is 66.9 Å². The molecule has 2 N–H and O–H groups in total. The second kappa shape index (κ2) is 7.38. The predicted octanol–water partition coefficient (Wildman–Crippen LogP) is 3.00. The van der Waals surface area contributed by atoms with Crippen LogP contribution in [-0.2, 0) is 0 Å². The lowest BCUT2D eigenvalue weighted by atomic mass is 10.1. The summed E-state index contributed by atoms with van der Waals surface area (Å²) in [5, 5.41) is 13.9. The Morgan fingerprint density at radius 1 is 1.10 bits per heavy atom. The highest BCUT2D eigenvalue weighted by atomic mass is 16.1. The van der Waals surface area contributed by atoms with E-state index in [4.69, 9.17) is 0 Å². The van der Waals surface area contributed by atoms with E-state index in [1.807, 2.05) is 30.3 Å². The zero-order valence-corrected chi connectivity index (χ0v) is 12.3. The fraction of sp³-hybridized carbons (Fsp3) is 0.312. The maximum Gasteiger partial charge on any atom is 0.271 e. The molecule has 5 nitrogen and oxygen atoms in total. The van der Waals surface area contributed by atoms with Gasteiger partial charge in [-0.05, 0) is 36.6 Å². The molecule has 1 amide bonds. The van der Waals surface area contributed by atoms with Gasteiger partial charge in [0.25, 0.3) is 5.91 Å². The lowest BCUT2D eigenvalue weighted by Gasteiger charge is -2.07. The summed E-state index contributed by atoms with van der Waals surface area (Å²) in [7, 11) is 0. The monoisotopic (exact) mass is 284 g/mol. The average Bonchev–Trinajstić information content (AvgIpc) is 2.48. The molecule has 0 atom stereocenters. The fourth-order valence-corrected chi connectivity index (χ4v) is 1.75. The second-order valence-electron chi connectivity index (χ2n) is 5.23. The molecule has 110 valence electrons. The van der Waals surface area contributed by atoms with Crippen LogP contribution in [0, 0.1) is 5.92 Å². The minimum Gasteiger partial charge on any atom is -0.351 e. The van der Waals surface area contributed by atoms with Crippen LogP contribution >= 0.6 is 0 Å². The van der Waals surface area contributed by atoms with Crippen LogP contribution in [0.5, 0.6) is 0 Å². The van der Waals surface area contributed by atoms with Crippen LogP contribution in [0.25, 0.3) is 0 Å². The predicted molar refractivity (Wildman–Crippen MR) is 83.5 cm³/mol. The van der Waals surface area contributed by atoms with Gasteiger partial charge in [0.05, 0.1) is 0 Å². The summed E-state index contributed by atoms with van der Waals surface area (Å²) in [4.78, 5) is 11.9. The number of hydrogen-bond donors (Lipinski definition) is 2. The second-order valence-corrected chi connectivity index (χ2v) is 5.23. The van der Waals surface area contributed by atoms with Crippen molar-refractivity contribution < 1.29 is 4.79 Å². The molecule has 0 aliphatic heterocycles. The Bertz CT molecular complexity index is 567. The van der Waals surface area contributed by atoms with E-state index in [0.29, 0.717) is 24.0 Å². The number of nitrogens with zero attached hydrogens (tertiary/aromatic N) is 2. The highest BCUT2D eigenvalue weighted by molar-refractivity contribution is 5.92. The van der Waals surface area contributed by atoms with Gasteiger partial charge in [0.2, 0.25) is 0 Å². The van der Waals surface area contributed by atoms with Crippen molar-refractivity contribution in [1.29, 1.82) is 0 Å². The van der Waals surface area contributed by atoms with Crippen LogP contribution in [0.4, 0.5) is 11.5 Å². The van der Waals surface area contributed by atoms with Crippen molar-refractivity contribution in [3.63, 3.8) is 0 Å². The smallest absolute Gasteiger partial charge is 0.271 e. The molecular weight excluding hydrogens is 264 g/mol. The maximum atomic E-state index is 11.9. The molecule has 0 aliphatic rings. The standard InChI is InChI=1S/C16H20N4O/c1-12(2)10-11-17-16(21)14-8-9-15(20-19-14)18-13-6-4-3-5-7-13/h3-9,12H,10-11H2,1-2H3,(H,17,21)(H,18,20). The van der Waals surface area contributed by atoms with Crippen molar-refractivity contribution in [2.45, 2.75) is 20.3 Å². The minimum atomic E-state index is -0.186. The normalized spacial score (nSPS) is 10.4. The lowest BCUT2D eigenvalue weighted by molar-refractivity contribution is 0.0946. The van der Waals surface area contributed by atoms with E-state index in [1.54, 1.807) is 12.1 Å². The van der Waals surface area contributed by atoms with Gasteiger partial charge in [-0.2, -0.15) is 0 Å². The first-order valence-electron chi connectivity index (χ1n) is 7.09. The maximum absolute atomic E-state index is 11.9. The van der Waals surface area contributed by atoms with Crippen molar-refractivity contribution in [3.8, 4) is 0 Å². The molecule has 1 heterocycles. The first-order chi connectivity index (χ1) is 10.1. The molecule has 0 saturated heterocycles. The summed E-state index contributed by atoms with van der Waals surface area (Å²) in [6, 6.07) is 13.1. The Labute approximate surface area is 124 Å². The van der Waals surface area contributed by atoms with Crippen LogP contribution in [-0.4, -0.2) is 22.6 Å². The molecule has 0 aliphatic carbocycles. The van der Waals surface area contributed by atoms with Gasteiger partial charge >= 0.3 is 0 Å². The SMILES string of the molecule is CC(C)CCNC(=O)c1ccc(Nc2ccccc2)nn1. The highest BCUT2D eigenvalue weighted by Crippen LogP contribution is 2.12. The Balaban J connectivity index is 1.91. The van der Waals surface area contributed by atoms with Gasteiger partial charge in [-0.15, -0.1) is 10.2 Å². The van der Waals surface area contributed by atoms with Crippen molar-refractivity contribution in [2.75, 3.05) is 11.9 Å². The van der Waals surface area contributed by atoms with Crippen molar-refractivity contribution >= 4 is 17.4 Å².